The number of nitrogens with zero attached hydrogens (tertiary/aromatic N) is 1. The summed E-state index contributed by atoms with van der Waals surface area (Å²) in [5.41, 5.74) is 1.27. The average molecular weight is 292 g/mol. The van der Waals surface area contributed by atoms with E-state index in [4.69, 9.17) is 30.0 Å². The van der Waals surface area contributed by atoms with Gasteiger partial charge >= 0.3 is 0 Å². The lowest BCUT2D eigenvalue weighted by atomic mass is 10.1. The molecule has 2 N–H and O–H groups in total. The Bertz CT molecular complexity index is 388. The van der Waals surface area contributed by atoms with Crippen LogP contribution in [0.3, 0.4) is 0 Å². The van der Waals surface area contributed by atoms with Crippen LogP contribution < -0.4 is 4.74 Å². The molecule has 0 atom stereocenters. The number of hydrogen-bond donors (Lipinski definition) is 2. The molecule has 106 valence electrons. The molecule has 1 aromatic carbocycles. The highest BCUT2D eigenvalue weighted by Crippen LogP contribution is 2.21. The second-order valence-corrected chi connectivity index (χ2v) is 3.06. The number of carboxylic acids is 1. The van der Waals surface area contributed by atoms with Gasteiger partial charge in [0.05, 0.1) is 6.26 Å². The van der Waals surface area contributed by atoms with E-state index in [1.807, 2.05) is 24.3 Å². The monoisotopic (exact) mass is 291 g/mol. The van der Waals surface area contributed by atoms with Crippen molar-refractivity contribution in [3.05, 3.63) is 52.3 Å². The van der Waals surface area contributed by atoms with Crippen LogP contribution in [0.25, 0.3) is 0 Å². The molecule has 0 aromatic heterocycles. The first-order chi connectivity index (χ1) is 8.43. The molecular weight excluding hydrogens is 278 g/mol. The third-order valence-electron chi connectivity index (χ3n) is 1.60. The van der Waals surface area contributed by atoms with E-state index in [9.17, 15) is 0 Å². The second-order valence-electron chi connectivity index (χ2n) is 3.06. The van der Waals surface area contributed by atoms with E-state index in [0.29, 0.717) is 0 Å². The highest BCUT2D eigenvalue weighted by molar-refractivity contribution is 5.85. The van der Waals surface area contributed by atoms with Gasteiger partial charge in [-0.1, -0.05) is 18.2 Å². The van der Waals surface area contributed by atoms with Crippen molar-refractivity contribution in [1.29, 1.82) is 0 Å². The molecule has 0 fully saturated rings. The summed E-state index contributed by atoms with van der Waals surface area (Å²) >= 11 is 0. The zero-order chi connectivity index (χ0) is 14.0. The van der Waals surface area contributed by atoms with Crippen LogP contribution in [-0.2, 0) is 11.2 Å². The van der Waals surface area contributed by atoms with Gasteiger partial charge in [-0.05, 0) is 24.1 Å². The maximum absolute atomic E-state index is 9.00. The van der Waals surface area contributed by atoms with Crippen LogP contribution in [0.1, 0.15) is 12.5 Å². The molecule has 1 aliphatic rings. The first kappa shape index (κ1) is 19.1. The Balaban J connectivity index is 0. The van der Waals surface area contributed by atoms with Crippen molar-refractivity contribution in [2.24, 2.45) is 0 Å². The number of hydrogen-bond acceptors (Lipinski definition) is 4. The molecule has 2 rings (SSSR count). The Hall–Kier alpha value is -2.28. The van der Waals surface area contributed by atoms with Gasteiger partial charge in [-0.3, -0.25) is 4.79 Å². The first-order valence-corrected chi connectivity index (χ1v) is 4.86. The summed E-state index contributed by atoms with van der Waals surface area (Å²) in [5.74, 6) is 0.157. The molecule has 0 saturated carbocycles. The molecule has 7 nitrogen and oxygen atoms in total. The molecule has 19 heavy (non-hydrogen) atoms. The van der Waals surface area contributed by atoms with Gasteiger partial charge in [0.1, 0.15) is 5.75 Å². The largest absolute Gasteiger partial charge is 0.481 e. The number of halogens is 1. The SMILES string of the molecule is C1=COc2ccccc2C1.CC(=O)O.Cl.O=[N+]([O-])O. The molecule has 0 bridgehead atoms. The van der Waals surface area contributed by atoms with Gasteiger partial charge in [-0.15, -0.1) is 22.5 Å². The summed E-state index contributed by atoms with van der Waals surface area (Å²) in [6.07, 6.45) is 4.75. The Kier molecular flexibility index (Phi) is 10.9. The van der Waals surface area contributed by atoms with Gasteiger partial charge in [0.15, 0.2) is 0 Å². The first-order valence-electron chi connectivity index (χ1n) is 4.86. The fourth-order valence-electron chi connectivity index (χ4n) is 1.08. The van der Waals surface area contributed by atoms with Gasteiger partial charge in [0, 0.05) is 6.92 Å². The number of benzene rings is 1. The minimum atomic E-state index is -1.50. The maximum Gasteiger partial charge on any atom is 0.300 e. The van der Waals surface area contributed by atoms with E-state index in [-0.39, 0.29) is 12.4 Å². The van der Waals surface area contributed by atoms with Gasteiger partial charge in [0.25, 0.3) is 11.1 Å². The average Bonchev–Trinajstić information content (AvgIpc) is 2.28. The third-order valence-corrected chi connectivity index (χ3v) is 1.60. The molecule has 8 heteroatoms. The minimum Gasteiger partial charge on any atom is -0.481 e. The molecule has 0 spiro atoms. The van der Waals surface area contributed by atoms with Crippen LogP contribution in [0.4, 0.5) is 0 Å². The van der Waals surface area contributed by atoms with E-state index in [0.717, 1.165) is 19.1 Å². The third kappa shape index (κ3) is 12.0. The summed E-state index contributed by atoms with van der Waals surface area (Å²) in [6.45, 7) is 1.08. The van der Waals surface area contributed by atoms with Gasteiger partial charge < -0.3 is 15.1 Å². The van der Waals surface area contributed by atoms with Crippen LogP contribution in [0.5, 0.6) is 5.75 Å². The summed E-state index contributed by atoms with van der Waals surface area (Å²) in [6, 6.07) is 8.08. The predicted molar refractivity (Wildman–Crippen MR) is 69.3 cm³/mol. The molecular formula is C11H14ClNO6. The lowest BCUT2D eigenvalue weighted by molar-refractivity contribution is -0.742. The summed E-state index contributed by atoms with van der Waals surface area (Å²) < 4.78 is 5.24. The molecule has 1 aromatic rings. The number of ether oxygens (including phenoxy) is 1. The van der Waals surface area contributed by atoms with Crippen molar-refractivity contribution < 1.29 is 24.9 Å². The van der Waals surface area contributed by atoms with Crippen molar-refractivity contribution in [3.63, 3.8) is 0 Å². The molecule has 0 unspecified atom stereocenters. The maximum atomic E-state index is 9.00. The summed E-state index contributed by atoms with van der Waals surface area (Å²) in [7, 11) is 0. The van der Waals surface area contributed by atoms with Crippen LogP contribution in [-0.4, -0.2) is 21.4 Å². The topological polar surface area (TPSA) is 110 Å². The number of rotatable bonds is 0. The molecule has 0 radical (unpaired) electrons. The smallest absolute Gasteiger partial charge is 0.300 e. The Labute approximate surface area is 115 Å². The van der Waals surface area contributed by atoms with Gasteiger partial charge in [0.2, 0.25) is 0 Å². The summed E-state index contributed by atoms with van der Waals surface area (Å²) in [4.78, 5) is 17.4. The highest BCUT2D eigenvalue weighted by Gasteiger charge is 2.02. The molecule has 1 aliphatic heterocycles. The fraction of sp³-hybridized carbons (Fsp3) is 0.182. The van der Waals surface area contributed by atoms with Crippen molar-refractivity contribution in [1.82, 2.24) is 0 Å². The van der Waals surface area contributed by atoms with Crippen LogP contribution in [0, 0.1) is 10.1 Å². The molecule has 0 saturated heterocycles. The number of carbonyl (C=O) groups is 1. The Morgan fingerprint density at radius 3 is 2.37 bits per heavy atom. The van der Waals surface area contributed by atoms with Crippen LogP contribution >= 0.6 is 12.4 Å². The van der Waals surface area contributed by atoms with Gasteiger partial charge in [-0.25, -0.2) is 0 Å². The lowest BCUT2D eigenvalue weighted by Gasteiger charge is -2.09. The summed E-state index contributed by atoms with van der Waals surface area (Å²) in [5, 5.41) is 21.1. The molecule has 1 heterocycles. The number of aliphatic carboxylic acids is 1. The molecule has 0 amide bonds. The quantitative estimate of drug-likeness (QED) is 0.560. The normalized spacial score (nSPS) is 9.95. The van der Waals surface area contributed by atoms with E-state index in [2.05, 4.69) is 6.07 Å². The predicted octanol–water partition coefficient (Wildman–Crippen LogP) is 2.30. The minimum absolute atomic E-state index is 0. The van der Waals surface area contributed by atoms with Crippen molar-refractivity contribution in [2.75, 3.05) is 0 Å². The van der Waals surface area contributed by atoms with E-state index in [1.54, 1.807) is 6.26 Å². The van der Waals surface area contributed by atoms with Crippen LogP contribution in [0.2, 0.25) is 0 Å². The number of allylic oxidation sites excluding steroid dienone is 1. The van der Waals surface area contributed by atoms with Crippen molar-refractivity contribution in [2.45, 2.75) is 13.3 Å². The van der Waals surface area contributed by atoms with Gasteiger partial charge in [-0.2, -0.15) is 0 Å². The number of para-hydroxylation sites is 1. The van der Waals surface area contributed by atoms with Crippen molar-refractivity contribution >= 4 is 18.4 Å². The van der Waals surface area contributed by atoms with Crippen LogP contribution in [0.15, 0.2) is 36.6 Å². The second kappa shape index (κ2) is 10.8. The standard InChI is InChI=1S/C9H8O.C2H4O2.ClH.HNO3/c1-2-6-9-8(4-1)5-3-7-10-9;1-2(3)4;;2-1(3)4/h1-4,6-7H,5H2;1H3,(H,3,4);1H;(H,2,3,4). The van der Waals surface area contributed by atoms with Crippen molar-refractivity contribution in [3.8, 4) is 5.75 Å². The zero-order valence-corrected chi connectivity index (χ0v) is 10.9. The fourth-order valence-corrected chi connectivity index (χ4v) is 1.08. The number of fused-ring (bicyclic) bond motifs is 1. The van der Waals surface area contributed by atoms with E-state index in [1.165, 1.54) is 5.56 Å². The Morgan fingerprint density at radius 2 is 1.89 bits per heavy atom. The zero-order valence-electron chi connectivity index (χ0n) is 10.1. The van der Waals surface area contributed by atoms with E-state index >= 15 is 0 Å². The number of carboxylic acid groups (broad SMARTS) is 1. The lowest BCUT2D eigenvalue weighted by Crippen LogP contribution is -1.94. The van der Waals surface area contributed by atoms with E-state index < -0.39 is 11.1 Å². The Morgan fingerprint density at radius 1 is 1.42 bits per heavy atom. The molecule has 0 aliphatic carbocycles. The highest BCUT2D eigenvalue weighted by atomic mass is 35.5.